The van der Waals surface area contributed by atoms with Crippen LogP contribution in [0.1, 0.15) is 19.3 Å². The number of anilines is 4. The first-order chi connectivity index (χ1) is 16.7. The SMILES string of the molecule is C=CC(=O)Nc1cccc(-c2cccc3cnc(Nc4ccc(N5CCCCC5)nc4)nc23)c1. The second-order valence-electron chi connectivity index (χ2n) is 8.29. The molecule has 0 saturated carbocycles. The van der Waals surface area contributed by atoms with Crippen molar-refractivity contribution < 1.29 is 4.79 Å². The summed E-state index contributed by atoms with van der Waals surface area (Å²) in [6.45, 7) is 5.64. The zero-order valence-electron chi connectivity index (χ0n) is 18.9. The molecule has 1 aliphatic rings. The molecule has 2 N–H and O–H groups in total. The van der Waals surface area contributed by atoms with Crippen LogP contribution in [0, 0.1) is 0 Å². The molecule has 0 spiro atoms. The first-order valence-corrected chi connectivity index (χ1v) is 11.5. The van der Waals surface area contributed by atoms with E-state index in [2.05, 4.69) is 32.1 Å². The largest absolute Gasteiger partial charge is 0.357 e. The van der Waals surface area contributed by atoms with Crippen LogP contribution in [0.15, 0.2) is 79.6 Å². The maximum atomic E-state index is 11.7. The maximum Gasteiger partial charge on any atom is 0.247 e. The highest BCUT2D eigenvalue weighted by Gasteiger charge is 2.12. The van der Waals surface area contributed by atoms with Crippen LogP contribution < -0.4 is 15.5 Å². The number of pyridine rings is 1. The van der Waals surface area contributed by atoms with Gasteiger partial charge in [-0.3, -0.25) is 4.79 Å². The molecule has 0 radical (unpaired) electrons. The molecule has 4 aromatic rings. The minimum atomic E-state index is -0.246. The summed E-state index contributed by atoms with van der Waals surface area (Å²) >= 11 is 0. The van der Waals surface area contributed by atoms with E-state index in [1.165, 1.54) is 25.3 Å². The molecule has 0 atom stereocenters. The number of para-hydroxylation sites is 1. The van der Waals surface area contributed by atoms with Gasteiger partial charge in [0.15, 0.2) is 0 Å². The topological polar surface area (TPSA) is 83.0 Å². The van der Waals surface area contributed by atoms with E-state index in [0.29, 0.717) is 11.6 Å². The summed E-state index contributed by atoms with van der Waals surface area (Å²) in [6, 6.07) is 17.7. The van der Waals surface area contributed by atoms with Crippen molar-refractivity contribution in [3.8, 4) is 11.1 Å². The van der Waals surface area contributed by atoms with E-state index < -0.39 is 0 Å². The Morgan fingerprint density at radius 3 is 2.59 bits per heavy atom. The van der Waals surface area contributed by atoms with Crippen LogP contribution in [-0.2, 0) is 4.79 Å². The third kappa shape index (κ3) is 4.73. The molecule has 0 unspecified atom stereocenters. The normalized spacial score (nSPS) is 13.5. The molecule has 1 saturated heterocycles. The minimum Gasteiger partial charge on any atom is -0.357 e. The van der Waals surface area contributed by atoms with Crippen molar-refractivity contribution in [3.63, 3.8) is 0 Å². The molecule has 1 fully saturated rings. The number of carbonyl (C=O) groups is 1. The van der Waals surface area contributed by atoms with E-state index in [-0.39, 0.29) is 5.91 Å². The van der Waals surface area contributed by atoms with E-state index in [1.807, 2.05) is 67.0 Å². The predicted octanol–water partition coefficient (Wildman–Crippen LogP) is 5.55. The van der Waals surface area contributed by atoms with Crippen molar-refractivity contribution in [2.24, 2.45) is 0 Å². The lowest BCUT2D eigenvalue weighted by Gasteiger charge is -2.27. The summed E-state index contributed by atoms with van der Waals surface area (Å²) in [7, 11) is 0. The van der Waals surface area contributed by atoms with Gasteiger partial charge in [-0.15, -0.1) is 0 Å². The summed E-state index contributed by atoms with van der Waals surface area (Å²) in [5.41, 5.74) is 4.27. The van der Waals surface area contributed by atoms with Crippen LogP contribution in [0.3, 0.4) is 0 Å². The second kappa shape index (κ2) is 9.70. The van der Waals surface area contributed by atoms with Gasteiger partial charge in [-0.05, 0) is 55.2 Å². The molecule has 34 heavy (non-hydrogen) atoms. The highest BCUT2D eigenvalue weighted by molar-refractivity contribution is 6.00. The molecule has 1 aliphatic heterocycles. The zero-order chi connectivity index (χ0) is 23.3. The van der Waals surface area contributed by atoms with Gasteiger partial charge in [-0.2, -0.15) is 0 Å². The van der Waals surface area contributed by atoms with Crippen molar-refractivity contribution in [3.05, 3.63) is 79.6 Å². The van der Waals surface area contributed by atoms with E-state index in [9.17, 15) is 4.79 Å². The van der Waals surface area contributed by atoms with Gasteiger partial charge in [0.1, 0.15) is 5.82 Å². The Bertz CT molecular complexity index is 1330. The van der Waals surface area contributed by atoms with E-state index in [0.717, 1.165) is 46.6 Å². The number of hydrogen-bond acceptors (Lipinski definition) is 6. The molecule has 5 rings (SSSR count). The second-order valence-corrected chi connectivity index (χ2v) is 8.29. The highest BCUT2D eigenvalue weighted by Crippen LogP contribution is 2.30. The number of piperidine rings is 1. The Labute approximate surface area is 198 Å². The van der Waals surface area contributed by atoms with E-state index in [1.54, 1.807) is 0 Å². The van der Waals surface area contributed by atoms with Crippen molar-refractivity contribution in [1.82, 2.24) is 15.0 Å². The summed E-state index contributed by atoms with van der Waals surface area (Å²) < 4.78 is 0. The number of fused-ring (bicyclic) bond motifs is 1. The smallest absolute Gasteiger partial charge is 0.247 e. The number of nitrogens with zero attached hydrogens (tertiary/aromatic N) is 4. The number of benzene rings is 2. The molecular formula is C27H26N6O. The van der Waals surface area contributed by atoms with Crippen LogP contribution in [0.2, 0.25) is 0 Å². The quantitative estimate of drug-likeness (QED) is 0.375. The number of hydrogen-bond donors (Lipinski definition) is 2. The summed E-state index contributed by atoms with van der Waals surface area (Å²) in [6.07, 6.45) is 8.63. The van der Waals surface area contributed by atoms with Crippen molar-refractivity contribution in [2.45, 2.75) is 19.3 Å². The Morgan fingerprint density at radius 2 is 1.79 bits per heavy atom. The van der Waals surface area contributed by atoms with Gasteiger partial charge in [0.25, 0.3) is 0 Å². The molecule has 1 amide bonds. The third-order valence-corrected chi connectivity index (χ3v) is 5.92. The predicted molar refractivity (Wildman–Crippen MR) is 137 cm³/mol. The summed E-state index contributed by atoms with van der Waals surface area (Å²) in [5, 5.41) is 7.02. The molecular weight excluding hydrogens is 424 g/mol. The fourth-order valence-electron chi connectivity index (χ4n) is 4.21. The molecule has 0 bridgehead atoms. The van der Waals surface area contributed by atoms with Crippen LogP contribution >= 0.6 is 0 Å². The average Bonchev–Trinajstić information content (AvgIpc) is 2.89. The Kier molecular flexibility index (Phi) is 6.16. The van der Waals surface area contributed by atoms with Crippen LogP contribution in [-0.4, -0.2) is 33.9 Å². The Hall–Kier alpha value is -4.26. The molecule has 7 nitrogen and oxygen atoms in total. The van der Waals surface area contributed by atoms with Gasteiger partial charge in [0.05, 0.1) is 17.4 Å². The molecule has 2 aromatic heterocycles. The monoisotopic (exact) mass is 450 g/mol. The first kappa shape index (κ1) is 21.6. The van der Waals surface area contributed by atoms with Gasteiger partial charge in [0.2, 0.25) is 11.9 Å². The van der Waals surface area contributed by atoms with Gasteiger partial charge in [0, 0.05) is 35.9 Å². The summed E-state index contributed by atoms with van der Waals surface area (Å²) in [5.74, 6) is 1.27. The fourth-order valence-corrected chi connectivity index (χ4v) is 4.21. The molecule has 170 valence electrons. The fraction of sp³-hybridized carbons (Fsp3) is 0.185. The molecule has 0 aliphatic carbocycles. The van der Waals surface area contributed by atoms with Crippen LogP contribution in [0.25, 0.3) is 22.0 Å². The molecule has 2 aromatic carbocycles. The van der Waals surface area contributed by atoms with E-state index >= 15 is 0 Å². The lowest BCUT2D eigenvalue weighted by atomic mass is 10.0. The third-order valence-electron chi connectivity index (χ3n) is 5.92. The summed E-state index contributed by atoms with van der Waals surface area (Å²) in [4.78, 5) is 28.0. The number of rotatable bonds is 6. The Balaban J connectivity index is 1.41. The molecule has 7 heteroatoms. The van der Waals surface area contributed by atoms with Gasteiger partial charge in [-0.25, -0.2) is 15.0 Å². The van der Waals surface area contributed by atoms with Gasteiger partial charge >= 0.3 is 0 Å². The number of carbonyl (C=O) groups excluding carboxylic acids is 1. The minimum absolute atomic E-state index is 0.246. The van der Waals surface area contributed by atoms with Crippen molar-refractivity contribution in [1.29, 1.82) is 0 Å². The van der Waals surface area contributed by atoms with Crippen molar-refractivity contribution >= 4 is 40.0 Å². The van der Waals surface area contributed by atoms with Gasteiger partial charge in [-0.1, -0.05) is 36.9 Å². The van der Waals surface area contributed by atoms with Crippen LogP contribution in [0.5, 0.6) is 0 Å². The standard InChI is InChI=1S/C27H26N6O/c1-2-25(34)30-21-10-6-8-19(16-21)23-11-7-9-20-17-29-27(32-26(20)23)31-22-12-13-24(28-18-22)33-14-4-3-5-15-33/h2,6-13,16-18H,1,3-5,14-15H2,(H,30,34)(H,29,31,32). The number of aromatic nitrogens is 3. The highest BCUT2D eigenvalue weighted by atomic mass is 16.1. The van der Waals surface area contributed by atoms with Crippen molar-refractivity contribution in [2.75, 3.05) is 28.6 Å². The number of nitrogens with one attached hydrogen (secondary N) is 2. The molecule has 3 heterocycles. The van der Waals surface area contributed by atoms with Crippen LogP contribution in [0.4, 0.5) is 23.1 Å². The zero-order valence-corrected chi connectivity index (χ0v) is 18.9. The lowest BCUT2D eigenvalue weighted by molar-refractivity contribution is -0.111. The average molecular weight is 451 g/mol. The Morgan fingerprint density at radius 1 is 0.941 bits per heavy atom. The lowest BCUT2D eigenvalue weighted by Crippen LogP contribution is -2.29. The van der Waals surface area contributed by atoms with Gasteiger partial charge < -0.3 is 15.5 Å². The maximum absolute atomic E-state index is 11.7. The van der Waals surface area contributed by atoms with E-state index in [4.69, 9.17) is 4.98 Å². The number of amides is 1. The first-order valence-electron chi connectivity index (χ1n) is 11.5.